The van der Waals surface area contributed by atoms with Crippen molar-refractivity contribution in [3.8, 4) is 0 Å². The summed E-state index contributed by atoms with van der Waals surface area (Å²) in [5.41, 5.74) is 1.17. The topological polar surface area (TPSA) is 50.1 Å². The monoisotopic (exact) mass is 181 g/mol. The highest BCUT2D eigenvalue weighted by atomic mass is 16.3. The van der Waals surface area contributed by atoms with Crippen LogP contribution in [0.3, 0.4) is 0 Å². The second-order valence-electron chi connectivity index (χ2n) is 3.57. The van der Waals surface area contributed by atoms with Crippen LogP contribution in [0.2, 0.25) is 0 Å². The van der Waals surface area contributed by atoms with E-state index in [9.17, 15) is 5.11 Å². The van der Waals surface area contributed by atoms with Crippen LogP contribution < -0.4 is 5.32 Å². The summed E-state index contributed by atoms with van der Waals surface area (Å²) < 4.78 is 1.85. The molecule has 4 heteroatoms. The quantitative estimate of drug-likeness (QED) is 0.657. The normalized spacial score (nSPS) is 28.2. The minimum Gasteiger partial charge on any atom is -0.391 e. The van der Waals surface area contributed by atoms with Gasteiger partial charge in [-0.15, -0.1) is 0 Å². The predicted molar refractivity (Wildman–Crippen MR) is 49.3 cm³/mol. The second-order valence-corrected chi connectivity index (χ2v) is 3.57. The number of nitrogens with one attached hydrogen (secondary N) is 1. The lowest BCUT2D eigenvalue weighted by molar-refractivity contribution is 0.158. The van der Waals surface area contributed by atoms with Crippen LogP contribution in [0, 0.1) is 0 Å². The summed E-state index contributed by atoms with van der Waals surface area (Å²) in [4.78, 5) is 0. The molecule has 1 saturated heterocycles. The molecule has 0 aromatic carbocycles. The Morgan fingerprint density at radius 2 is 2.62 bits per heavy atom. The first-order valence-electron chi connectivity index (χ1n) is 4.65. The first kappa shape index (κ1) is 8.72. The summed E-state index contributed by atoms with van der Waals surface area (Å²) in [6.45, 7) is 0.920. The molecule has 1 aliphatic rings. The molecule has 72 valence electrons. The summed E-state index contributed by atoms with van der Waals surface area (Å²) in [6.07, 6.45) is 3.31. The maximum absolute atomic E-state index is 9.59. The fourth-order valence-electron chi connectivity index (χ4n) is 1.79. The van der Waals surface area contributed by atoms with E-state index >= 15 is 0 Å². The number of rotatable bonds is 2. The zero-order chi connectivity index (χ0) is 9.26. The molecule has 1 fully saturated rings. The predicted octanol–water partition coefficient (Wildman–Crippen LogP) is -0.315. The number of aromatic nitrogens is 2. The van der Waals surface area contributed by atoms with Gasteiger partial charge >= 0.3 is 0 Å². The fraction of sp³-hybridized carbons (Fsp3) is 0.667. The Hall–Kier alpha value is -0.870. The van der Waals surface area contributed by atoms with E-state index < -0.39 is 0 Å². The average Bonchev–Trinajstić information content (AvgIpc) is 2.65. The van der Waals surface area contributed by atoms with Crippen LogP contribution in [0.1, 0.15) is 12.1 Å². The highest BCUT2D eigenvalue weighted by molar-refractivity contribution is 5.04. The SMILES string of the molecule is Cn1nccc1CC1NCCC1O. The zero-order valence-electron chi connectivity index (χ0n) is 7.77. The van der Waals surface area contributed by atoms with Crippen LogP contribution in [0.4, 0.5) is 0 Å². The molecule has 2 heterocycles. The van der Waals surface area contributed by atoms with Crippen LogP contribution in [0.5, 0.6) is 0 Å². The van der Waals surface area contributed by atoms with Gasteiger partial charge in [0.2, 0.25) is 0 Å². The first-order valence-corrected chi connectivity index (χ1v) is 4.65. The molecule has 1 aliphatic heterocycles. The maximum Gasteiger partial charge on any atom is 0.0709 e. The van der Waals surface area contributed by atoms with Gasteiger partial charge in [-0.05, 0) is 19.0 Å². The molecule has 0 saturated carbocycles. The van der Waals surface area contributed by atoms with Gasteiger partial charge in [0, 0.05) is 31.4 Å². The van der Waals surface area contributed by atoms with Gasteiger partial charge in [0.15, 0.2) is 0 Å². The smallest absolute Gasteiger partial charge is 0.0709 e. The van der Waals surface area contributed by atoms with Crippen molar-refractivity contribution in [3.05, 3.63) is 18.0 Å². The van der Waals surface area contributed by atoms with Gasteiger partial charge in [0.1, 0.15) is 0 Å². The number of hydrogen-bond acceptors (Lipinski definition) is 3. The molecule has 4 nitrogen and oxygen atoms in total. The molecule has 0 aliphatic carbocycles. The molecule has 0 amide bonds. The molecule has 0 spiro atoms. The van der Waals surface area contributed by atoms with E-state index in [-0.39, 0.29) is 12.1 Å². The lowest BCUT2D eigenvalue weighted by Crippen LogP contribution is -2.33. The molecule has 2 N–H and O–H groups in total. The number of hydrogen-bond donors (Lipinski definition) is 2. The molecule has 0 bridgehead atoms. The van der Waals surface area contributed by atoms with Crippen molar-refractivity contribution in [1.29, 1.82) is 0 Å². The standard InChI is InChI=1S/C9H15N3O/c1-12-7(2-5-11-12)6-8-9(13)3-4-10-8/h2,5,8-10,13H,3-4,6H2,1H3. The Labute approximate surface area is 77.6 Å². The van der Waals surface area contributed by atoms with E-state index in [1.165, 1.54) is 5.69 Å². The maximum atomic E-state index is 9.59. The summed E-state index contributed by atoms with van der Waals surface area (Å²) in [6, 6.07) is 2.20. The zero-order valence-corrected chi connectivity index (χ0v) is 7.77. The lowest BCUT2D eigenvalue weighted by Gasteiger charge is -2.14. The van der Waals surface area contributed by atoms with E-state index in [2.05, 4.69) is 10.4 Å². The van der Waals surface area contributed by atoms with E-state index in [4.69, 9.17) is 0 Å². The van der Waals surface area contributed by atoms with E-state index in [1.807, 2.05) is 17.8 Å². The average molecular weight is 181 g/mol. The van der Waals surface area contributed by atoms with Gasteiger partial charge < -0.3 is 10.4 Å². The van der Waals surface area contributed by atoms with Gasteiger partial charge in [0.25, 0.3) is 0 Å². The van der Waals surface area contributed by atoms with Crippen molar-refractivity contribution in [2.24, 2.45) is 7.05 Å². The third-order valence-corrected chi connectivity index (χ3v) is 2.66. The molecular formula is C9H15N3O. The molecular weight excluding hydrogens is 166 g/mol. The van der Waals surface area contributed by atoms with Crippen molar-refractivity contribution >= 4 is 0 Å². The largest absolute Gasteiger partial charge is 0.391 e. The van der Waals surface area contributed by atoms with Gasteiger partial charge in [-0.25, -0.2) is 0 Å². The van der Waals surface area contributed by atoms with Crippen molar-refractivity contribution in [3.63, 3.8) is 0 Å². The Kier molecular flexibility index (Phi) is 2.33. The van der Waals surface area contributed by atoms with Crippen molar-refractivity contribution in [2.75, 3.05) is 6.54 Å². The summed E-state index contributed by atoms with van der Waals surface area (Å²) in [7, 11) is 1.93. The molecule has 1 aromatic heterocycles. The first-order chi connectivity index (χ1) is 6.27. The van der Waals surface area contributed by atoms with Crippen molar-refractivity contribution in [2.45, 2.75) is 25.0 Å². The number of nitrogens with zero attached hydrogens (tertiary/aromatic N) is 2. The number of aliphatic hydroxyl groups excluding tert-OH is 1. The third kappa shape index (κ3) is 1.73. The van der Waals surface area contributed by atoms with Crippen LogP contribution >= 0.6 is 0 Å². The minimum atomic E-state index is -0.199. The van der Waals surface area contributed by atoms with Gasteiger partial charge in [-0.3, -0.25) is 4.68 Å². The summed E-state index contributed by atoms with van der Waals surface area (Å²) in [5, 5.41) is 17.0. The second kappa shape index (κ2) is 3.47. The van der Waals surface area contributed by atoms with Crippen LogP contribution in [0.25, 0.3) is 0 Å². The van der Waals surface area contributed by atoms with Gasteiger partial charge in [-0.2, -0.15) is 5.10 Å². The van der Waals surface area contributed by atoms with Crippen LogP contribution in [-0.2, 0) is 13.5 Å². The highest BCUT2D eigenvalue weighted by Crippen LogP contribution is 2.11. The molecule has 13 heavy (non-hydrogen) atoms. The van der Waals surface area contributed by atoms with E-state index in [0.29, 0.717) is 0 Å². The fourth-order valence-corrected chi connectivity index (χ4v) is 1.79. The Morgan fingerprint density at radius 3 is 3.15 bits per heavy atom. The van der Waals surface area contributed by atoms with E-state index in [0.717, 1.165) is 19.4 Å². The molecule has 0 radical (unpaired) electrons. The van der Waals surface area contributed by atoms with Gasteiger partial charge in [0.05, 0.1) is 6.10 Å². The summed E-state index contributed by atoms with van der Waals surface area (Å²) >= 11 is 0. The van der Waals surface area contributed by atoms with Gasteiger partial charge in [-0.1, -0.05) is 0 Å². The molecule has 2 unspecified atom stereocenters. The Bertz CT molecular complexity index is 284. The summed E-state index contributed by atoms with van der Waals surface area (Å²) in [5.74, 6) is 0. The minimum absolute atomic E-state index is 0.199. The highest BCUT2D eigenvalue weighted by Gasteiger charge is 2.25. The van der Waals surface area contributed by atoms with Crippen molar-refractivity contribution < 1.29 is 5.11 Å². The number of aliphatic hydroxyl groups is 1. The van der Waals surface area contributed by atoms with E-state index in [1.54, 1.807) is 6.20 Å². The Balaban J connectivity index is 2.01. The lowest BCUT2D eigenvalue weighted by atomic mass is 10.1. The van der Waals surface area contributed by atoms with Crippen LogP contribution in [-0.4, -0.2) is 33.6 Å². The molecule has 2 rings (SSSR count). The third-order valence-electron chi connectivity index (χ3n) is 2.66. The van der Waals surface area contributed by atoms with Crippen molar-refractivity contribution in [1.82, 2.24) is 15.1 Å². The molecule has 1 aromatic rings. The van der Waals surface area contributed by atoms with Crippen LogP contribution in [0.15, 0.2) is 12.3 Å². The number of aryl methyl sites for hydroxylation is 1. The Morgan fingerprint density at radius 1 is 1.77 bits per heavy atom. The molecule has 2 atom stereocenters.